The molecule has 0 bridgehead atoms. The molecule has 54 valence electrons. The molecule has 0 atom stereocenters. The molecule has 5 N–H and O–H groups in total. The monoisotopic (exact) mass is 138 g/mol. The van der Waals surface area contributed by atoms with Gasteiger partial charge in [0.1, 0.15) is 0 Å². The lowest BCUT2D eigenvalue weighted by Crippen LogP contribution is -2.49. The summed E-state index contributed by atoms with van der Waals surface area (Å²) in [5.74, 6) is -5.59. The van der Waals surface area contributed by atoms with Crippen LogP contribution in [0.1, 0.15) is 0 Å². The molecule has 0 heterocycles. The summed E-state index contributed by atoms with van der Waals surface area (Å²) in [7, 11) is 0. The summed E-state index contributed by atoms with van der Waals surface area (Å²) < 4.78 is 0. The largest absolute Gasteiger partial charge is 0.477 e. The van der Waals surface area contributed by atoms with Gasteiger partial charge < -0.3 is 25.5 Å². The minimum atomic E-state index is -3.47. The van der Waals surface area contributed by atoms with Gasteiger partial charge in [0, 0.05) is 0 Å². The second-order valence-corrected chi connectivity index (χ2v) is 1.40. The number of carbonyl (C=O) groups is 1. The van der Waals surface area contributed by atoms with Crippen LogP contribution >= 0.6 is 0 Å². The normalized spacial score (nSPS) is 12.1. The third kappa shape index (κ3) is 1.61. The van der Waals surface area contributed by atoms with E-state index in [1.807, 2.05) is 0 Å². The first-order valence-corrected chi connectivity index (χ1v) is 1.93. The van der Waals surface area contributed by atoms with Crippen LogP contribution in [0.25, 0.3) is 0 Å². The molecule has 0 saturated carbocycles. The molecular formula is C3H6O6. The lowest BCUT2D eigenvalue weighted by Gasteiger charge is -2.16. The molecular weight excluding hydrogens is 132 g/mol. The van der Waals surface area contributed by atoms with E-state index in [1.54, 1.807) is 0 Å². The Morgan fingerprint density at radius 1 is 1.33 bits per heavy atom. The van der Waals surface area contributed by atoms with E-state index in [0.717, 1.165) is 0 Å². The highest BCUT2D eigenvalue weighted by Crippen LogP contribution is 2.02. The lowest BCUT2D eigenvalue weighted by molar-refractivity contribution is -0.283. The smallest absolute Gasteiger partial charge is 0.369 e. The van der Waals surface area contributed by atoms with Crippen LogP contribution in [0, 0.1) is 0 Å². The number of rotatable bonds is 2. The number of aliphatic hydroxyl groups is 4. The van der Waals surface area contributed by atoms with Gasteiger partial charge in [-0.25, -0.2) is 4.79 Å². The van der Waals surface area contributed by atoms with Gasteiger partial charge in [0.25, 0.3) is 0 Å². The van der Waals surface area contributed by atoms with Gasteiger partial charge in [0.2, 0.25) is 6.29 Å². The fourth-order valence-electron chi connectivity index (χ4n) is 0.110. The van der Waals surface area contributed by atoms with Crippen LogP contribution in [0.4, 0.5) is 0 Å². The van der Waals surface area contributed by atoms with Crippen molar-refractivity contribution in [3.63, 3.8) is 0 Å². The highest BCUT2D eigenvalue weighted by molar-refractivity contribution is 5.75. The van der Waals surface area contributed by atoms with E-state index in [1.165, 1.54) is 0 Å². The molecule has 0 saturated heterocycles. The van der Waals surface area contributed by atoms with Crippen LogP contribution in [-0.4, -0.2) is 43.6 Å². The number of carboxylic acid groups (broad SMARTS) is 1. The Bertz CT molecular complexity index is 115. The van der Waals surface area contributed by atoms with Gasteiger partial charge in [-0.05, 0) is 0 Å². The zero-order chi connectivity index (χ0) is 7.65. The fraction of sp³-hybridized carbons (Fsp3) is 0.667. The van der Waals surface area contributed by atoms with Crippen LogP contribution < -0.4 is 0 Å². The van der Waals surface area contributed by atoms with Crippen LogP contribution in [0.3, 0.4) is 0 Å². The van der Waals surface area contributed by atoms with Crippen molar-refractivity contribution in [3.8, 4) is 0 Å². The Hall–Kier alpha value is -0.690. The summed E-state index contributed by atoms with van der Waals surface area (Å²) in [4.78, 5) is 9.64. The molecule has 6 nitrogen and oxygen atoms in total. The second kappa shape index (κ2) is 2.28. The number of aliphatic hydroxyl groups excluding tert-OH is 1. The molecule has 9 heavy (non-hydrogen) atoms. The van der Waals surface area contributed by atoms with Crippen LogP contribution in [0.5, 0.6) is 0 Å². The third-order valence-corrected chi connectivity index (χ3v) is 0.675. The first-order chi connectivity index (χ1) is 3.89. The molecule has 0 aliphatic heterocycles. The quantitative estimate of drug-likeness (QED) is 0.260. The molecule has 0 aliphatic carbocycles. The molecule has 0 aromatic heterocycles. The van der Waals surface area contributed by atoms with Crippen molar-refractivity contribution in [2.24, 2.45) is 0 Å². The van der Waals surface area contributed by atoms with E-state index in [0.29, 0.717) is 0 Å². The van der Waals surface area contributed by atoms with E-state index >= 15 is 0 Å². The first kappa shape index (κ1) is 8.31. The van der Waals surface area contributed by atoms with Crippen LogP contribution in [-0.2, 0) is 4.79 Å². The summed E-state index contributed by atoms with van der Waals surface area (Å²) in [6.45, 7) is 0. The van der Waals surface area contributed by atoms with E-state index < -0.39 is 18.0 Å². The maximum atomic E-state index is 9.64. The van der Waals surface area contributed by atoms with E-state index in [-0.39, 0.29) is 0 Å². The Labute approximate surface area is 49.6 Å². The molecule has 6 heteroatoms. The highest BCUT2D eigenvalue weighted by atomic mass is 16.6. The van der Waals surface area contributed by atoms with Crippen molar-refractivity contribution < 1.29 is 30.3 Å². The van der Waals surface area contributed by atoms with E-state index in [2.05, 4.69) is 0 Å². The Kier molecular flexibility index (Phi) is 2.10. The average Bonchev–Trinajstić information content (AvgIpc) is 1.65. The standard InChI is InChI=1S/C3H6O6/c4-1(5)3(8,9)2(6)7/h1,4-5,8-9H,(H,6,7). The van der Waals surface area contributed by atoms with Crippen LogP contribution in [0.15, 0.2) is 0 Å². The van der Waals surface area contributed by atoms with Gasteiger partial charge in [-0.3, -0.25) is 0 Å². The van der Waals surface area contributed by atoms with Gasteiger partial charge in [-0.1, -0.05) is 0 Å². The van der Waals surface area contributed by atoms with E-state index in [4.69, 9.17) is 25.5 Å². The van der Waals surface area contributed by atoms with Crippen molar-refractivity contribution in [3.05, 3.63) is 0 Å². The van der Waals surface area contributed by atoms with E-state index in [9.17, 15) is 4.79 Å². The maximum absolute atomic E-state index is 9.64. The Morgan fingerprint density at radius 3 is 1.67 bits per heavy atom. The lowest BCUT2D eigenvalue weighted by atomic mass is 10.3. The zero-order valence-corrected chi connectivity index (χ0v) is 4.22. The van der Waals surface area contributed by atoms with Gasteiger partial charge in [-0.15, -0.1) is 0 Å². The Balaban J connectivity index is 4.19. The number of aliphatic carboxylic acids is 1. The molecule has 0 aromatic rings. The minimum Gasteiger partial charge on any atom is -0.477 e. The van der Waals surface area contributed by atoms with Gasteiger partial charge in [-0.2, -0.15) is 0 Å². The predicted octanol–water partition coefficient (Wildman–Crippen LogP) is -2.94. The maximum Gasteiger partial charge on any atom is 0.369 e. The van der Waals surface area contributed by atoms with Crippen LogP contribution in [0.2, 0.25) is 0 Å². The molecule has 0 aliphatic rings. The van der Waals surface area contributed by atoms with Crippen molar-refractivity contribution >= 4 is 5.97 Å². The SMILES string of the molecule is O=C(O)C(O)(O)C(O)O. The molecule has 0 radical (unpaired) electrons. The van der Waals surface area contributed by atoms with Gasteiger partial charge in [0.05, 0.1) is 0 Å². The van der Waals surface area contributed by atoms with Gasteiger partial charge >= 0.3 is 11.8 Å². The zero-order valence-electron chi connectivity index (χ0n) is 4.22. The molecule has 0 fully saturated rings. The first-order valence-electron chi connectivity index (χ1n) is 1.93. The second-order valence-electron chi connectivity index (χ2n) is 1.40. The summed E-state index contributed by atoms with van der Waals surface area (Å²) >= 11 is 0. The van der Waals surface area contributed by atoms with Crippen molar-refractivity contribution in [1.82, 2.24) is 0 Å². The van der Waals surface area contributed by atoms with Crippen molar-refractivity contribution in [2.75, 3.05) is 0 Å². The number of hydrogen-bond acceptors (Lipinski definition) is 5. The van der Waals surface area contributed by atoms with Crippen molar-refractivity contribution in [2.45, 2.75) is 12.1 Å². The summed E-state index contributed by atoms with van der Waals surface area (Å²) in [5, 5.41) is 39.9. The summed E-state index contributed by atoms with van der Waals surface area (Å²) in [6.07, 6.45) is -2.70. The third-order valence-electron chi connectivity index (χ3n) is 0.675. The average molecular weight is 138 g/mol. The summed E-state index contributed by atoms with van der Waals surface area (Å²) in [6, 6.07) is 0. The molecule has 0 spiro atoms. The number of hydrogen-bond donors (Lipinski definition) is 5. The topological polar surface area (TPSA) is 118 Å². The summed E-state index contributed by atoms with van der Waals surface area (Å²) in [5.41, 5.74) is 0. The predicted molar refractivity (Wildman–Crippen MR) is 23.0 cm³/mol. The number of carboxylic acids is 1. The van der Waals surface area contributed by atoms with Gasteiger partial charge in [0.15, 0.2) is 0 Å². The molecule has 0 aromatic carbocycles. The Morgan fingerprint density at radius 2 is 1.67 bits per heavy atom. The molecule has 0 rings (SSSR count). The minimum absolute atomic E-state index is 2.11. The fourth-order valence-corrected chi connectivity index (χ4v) is 0.110. The molecule has 0 amide bonds. The highest BCUT2D eigenvalue weighted by Gasteiger charge is 2.40. The van der Waals surface area contributed by atoms with Crippen molar-refractivity contribution in [1.29, 1.82) is 0 Å². The molecule has 0 unspecified atom stereocenters.